The van der Waals surface area contributed by atoms with Crippen molar-refractivity contribution in [3.63, 3.8) is 0 Å². The highest BCUT2D eigenvalue weighted by molar-refractivity contribution is 5.91. The van der Waals surface area contributed by atoms with Gasteiger partial charge in [-0.15, -0.1) is 0 Å². The number of nitrogens with one attached hydrogen (secondary N) is 1. The standard InChI is InChI=1S/C21H17F2N5O3/c1-26-11-17-19(25-26)20(30)28(10-13-2-4-14(22)5-3-13)21(31)27(17)12-18(29)24-16-8-6-15(23)7-9-16/h2-9,11H,10,12H2,1H3,(H,24,29). The maximum Gasteiger partial charge on any atom is 0.332 e. The van der Waals surface area contributed by atoms with Crippen molar-refractivity contribution in [1.82, 2.24) is 18.9 Å². The van der Waals surface area contributed by atoms with E-state index in [1.165, 1.54) is 59.4 Å². The molecule has 8 nitrogen and oxygen atoms in total. The fourth-order valence-corrected chi connectivity index (χ4v) is 3.23. The molecule has 2 aromatic carbocycles. The number of aromatic nitrogens is 4. The van der Waals surface area contributed by atoms with Gasteiger partial charge in [-0.2, -0.15) is 5.10 Å². The monoisotopic (exact) mass is 425 g/mol. The molecule has 10 heteroatoms. The summed E-state index contributed by atoms with van der Waals surface area (Å²) in [4.78, 5) is 38.5. The highest BCUT2D eigenvalue weighted by atomic mass is 19.1. The number of rotatable bonds is 5. The molecule has 2 heterocycles. The van der Waals surface area contributed by atoms with E-state index in [4.69, 9.17) is 0 Å². The third-order valence-electron chi connectivity index (χ3n) is 4.69. The van der Waals surface area contributed by atoms with E-state index in [0.717, 1.165) is 9.13 Å². The second-order valence-electron chi connectivity index (χ2n) is 6.98. The molecule has 0 aliphatic rings. The number of nitrogens with zero attached hydrogens (tertiary/aromatic N) is 4. The molecule has 4 aromatic rings. The fourth-order valence-electron chi connectivity index (χ4n) is 3.23. The summed E-state index contributed by atoms with van der Waals surface area (Å²) in [6, 6.07) is 10.6. The fraction of sp³-hybridized carbons (Fsp3) is 0.143. The minimum absolute atomic E-state index is 0.0267. The molecule has 0 unspecified atom stereocenters. The summed E-state index contributed by atoms with van der Waals surface area (Å²) in [7, 11) is 1.59. The lowest BCUT2D eigenvalue weighted by Crippen LogP contribution is -2.41. The number of hydrogen-bond donors (Lipinski definition) is 1. The van der Waals surface area contributed by atoms with Gasteiger partial charge in [0.05, 0.1) is 12.1 Å². The summed E-state index contributed by atoms with van der Waals surface area (Å²) in [5.41, 5.74) is -0.176. The predicted octanol–water partition coefficient (Wildman–Crippen LogP) is 1.86. The first-order valence-electron chi connectivity index (χ1n) is 9.28. The first-order valence-corrected chi connectivity index (χ1v) is 9.28. The van der Waals surface area contributed by atoms with E-state index >= 15 is 0 Å². The van der Waals surface area contributed by atoms with Crippen molar-refractivity contribution >= 4 is 22.6 Å². The van der Waals surface area contributed by atoms with Crippen molar-refractivity contribution in [3.05, 3.63) is 92.8 Å². The molecule has 0 aliphatic carbocycles. The van der Waals surface area contributed by atoms with Crippen LogP contribution in [0.2, 0.25) is 0 Å². The van der Waals surface area contributed by atoms with E-state index in [-0.39, 0.29) is 24.1 Å². The van der Waals surface area contributed by atoms with Crippen LogP contribution in [0.5, 0.6) is 0 Å². The van der Waals surface area contributed by atoms with E-state index in [9.17, 15) is 23.2 Å². The summed E-state index contributed by atoms with van der Waals surface area (Å²) in [5, 5.41) is 6.71. The Hall–Kier alpha value is -4.08. The third kappa shape index (κ3) is 4.13. The van der Waals surface area contributed by atoms with Gasteiger partial charge in [0, 0.05) is 18.9 Å². The summed E-state index contributed by atoms with van der Waals surface area (Å²) in [5.74, 6) is -1.42. The normalized spacial score (nSPS) is 11.1. The van der Waals surface area contributed by atoms with Crippen molar-refractivity contribution in [2.45, 2.75) is 13.1 Å². The SMILES string of the molecule is Cn1cc2c(n1)c(=O)n(Cc1ccc(F)cc1)c(=O)n2CC(=O)Nc1ccc(F)cc1. The maximum atomic E-state index is 13.2. The van der Waals surface area contributed by atoms with Crippen LogP contribution in [0, 0.1) is 11.6 Å². The second kappa shape index (κ2) is 7.98. The predicted molar refractivity (Wildman–Crippen MR) is 110 cm³/mol. The lowest BCUT2D eigenvalue weighted by Gasteiger charge is -2.12. The van der Waals surface area contributed by atoms with Gasteiger partial charge in [0.2, 0.25) is 5.91 Å². The third-order valence-corrected chi connectivity index (χ3v) is 4.69. The molecule has 0 saturated heterocycles. The number of anilines is 1. The number of carbonyl (C=O) groups excluding carboxylic acids is 1. The molecular weight excluding hydrogens is 408 g/mol. The Morgan fingerprint density at radius 2 is 1.58 bits per heavy atom. The van der Waals surface area contributed by atoms with Crippen molar-refractivity contribution < 1.29 is 13.6 Å². The van der Waals surface area contributed by atoms with E-state index in [1.807, 2.05) is 0 Å². The van der Waals surface area contributed by atoms with Crippen molar-refractivity contribution in [3.8, 4) is 0 Å². The molecule has 4 rings (SSSR count). The highest BCUT2D eigenvalue weighted by Gasteiger charge is 2.18. The zero-order valence-corrected chi connectivity index (χ0v) is 16.4. The molecule has 1 amide bonds. The first kappa shape index (κ1) is 20.2. The Morgan fingerprint density at radius 1 is 0.968 bits per heavy atom. The zero-order valence-electron chi connectivity index (χ0n) is 16.4. The van der Waals surface area contributed by atoms with Crippen LogP contribution in [-0.4, -0.2) is 24.8 Å². The average molecular weight is 425 g/mol. The van der Waals surface area contributed by atoms with Gasteiger partial charge in [-0.25, -0.2) is 13.6 Å². The second-order valence-corrected chi connectivity index (χ2v) is 6.98. The molecule has 31 heavy (non-hydrogen) atoms. The van der Waals surface area contributed by atoms with Gasteiger partial charge in [0.25, 0.3) is 5.56 Å². The lowest BCUT2D eigenvalue weighted by atomic mass is 10.2. The minimum Gasteiger partial charge on any atom is -0.325 e. The van der Waals surface area contributed by atoms with Gasteiger partial charge in [-0.3, -0.25) is 23.4 Å². The van der Waals surface area contributed by atoms with Crippen LogP contribution >= 0.6 is 0 Å². The Morgan fingerprint density at radius 3 is 2.23 bits per heavy atom. The quantitative estimate of drug-likeness (QED) is 0.529. The number of fused-ring (bicyclic) bond motifs is 1. The van der Waals surface area contributed by atoms with Crippen LogP contribution in [0.4, 0.5) is 14.5 Å². The number of carbonyl (C=O) groups is 1. The Balaban J connectivity index is 1.74. The summed E-state index contributed by atoms with van der Waals surface area (Å²) >= 11 is 0. The molecule has 1 N–H and O–H groups in total. The van der Waals surface area contributed by atoms with Crippen molar-refractivity contribution in [2.24, 2.45) is 7.05 Å². The molecule has 0 atom stereocenters. The molecule has 0 aliphatic heterocycles. The lowest BCUT2D eigenvalue weighted by molar-refractivity contribution is -0.116. The summed E-state index contributed by atoms with van der Waals surface area (Å²) in [6.45, 7) is -0.494. The van der Waals surface area contributed by atoms with Crippen LogP contribution in [0.25, 0.3) is 11.0 Å². The van der Waals surface area contributed by atoms with E-state index in [0.29, 0.717) is 11.3 Å². The number of amides is 1. The molecule has 0 fully saturated rings. The number of benzene rings is 2. The maximum absolute atomic E-state index is 13.2. The number of aryl methyl sites for hydroxylation is 1. The smallest absolute Gasteiger partial charge is 0.325 e. The van der Waals surface area contributed by atoms with Gasteiger partial charge in [-0.05, 0) is 42.0 Å². The summed E-state index contributed by atoms with van der Waals surface area (Å²) < 4.78 is 29.7. The number of halogens is 2. The number of hydrogen-bond acceptors (Lipinski definition) is 4. The van der Waals surface area contributed by atoms with Crippen molar-refractivity contribution in [2.75, 3.05) is 5.32 Å². The Kier molecular flexibility index (Phi) is 5.20. The van der Waals surface area contributed by atoms with Crippen LogP contribution in [0.15, 0.2) is 64.3 Å². The summed E-state index contributed by atoms with van der Waals surface area (Å²) in [6.07, 6.45) is 1.48. The van der Waals surface area contributed by atoms with Crippen LogP contribution in [-0.2, 0) is 24.9 Å². The molecule has 2 aromatic heterocycles. The van der Waals surface area contributed by atoms with E-state index in [1.54, 1.807) is 7.05 Å². The molecule has 0 radical (unpaired) electrons. The topological polar surface area (TPSA) is 90.9 Å². The highest BCUT2D eigenvalue weighted by Crippen LogP contribution is 2.10. The largest absolute Gasteiger partial charge is 0.332 e. The van der Waals surface area contributed by atoms with Crippen LogP contribution in [0.3, 0.4) is 0 Å². The molecular formula is C21H17F2N5O3. The average Bonchev–Trinajstić information content (AvgIpc) is 3.13. The van der Waals surface area contributed by atoms with Crippen LogP contribution < -0.4 is 16.6 Å². The van der Waals surface area contributed by atoms with Gasteiger partial charge >= 0.3 is 5.69 Å². The molecule has 0 spiro atoms. The van der Waals surface area contributed by atoms with Crippen molar-refractivity contribution in [1.29, 1.82) is 0 Å². The Labute approximate surface area is 174 Å². The van der Waals surface area contributed by atoms with E-state index < -0.39 is 28.8 Å². The molecule has 0 saturated carbocycles. The minimum atomic E-state index is -0.705. The van der Waals surface area contributed by atoms with Gasteiger partial charge in [-0.1, -0.05) is 12.1 Å². The van der Waals surface area contributed by atoms with Gasteiger partial charge < -0.3 is 5.32 Å². The Bertz CT molecular complexity index is 1390. The molecule has 158 valence electrons. The van der Waals surface area contributed by atoms with E-state index in [2.05, 4.69) is 10.4 Å². The first-order chi connectivity index (χ1) is 14.8. The zero-order chi connectivity index (χ0) is 22.1. The van der Waals surface area contributed by atoms with Gasteiger partial charge in [0.1, 0.15) is 18.2 Å². The van der Waals surface area contributed by atoms with Gasteiger partial charge in [0.15, 0.2) is 5.52 Å². The molecule has 0 bridgehead atoms. The van der Waals surface area contributed by atoms with Crippen LogP contribution in [0.1, 0.15) is 5.56 Å².